The minimum absolute atomic E-state index is 0.155. The van der Waals surface area contributed by atoms with Crippen molar-refractivity contribution in [3.05, 3.63) is 121 Å². The summed E-state index contributed by atoms with van der Waals surface area (Å²) in [5, 5.41) is 8.77. The Morgan fingerprint density at radius 3 is 1.64 bits per heavy atom. The first-order chi connectivity index (χ1) is 16.2. The van der Waals surface area contributed by atoms with Crippen molar-refractivity contribution in [1.29, 1.82) is 0 Å². The van der Waals surface area contributed by atoms with Gasteiger partial charge in [-0.05, 0) is 0 Å². The fraction of sp³-hybridized carbons (Fsp3) is 0.0667. The summed E-state index contributed by atoms with van der Waals surface area (Å²) < 4.78 is 3.11. The summed E-state index contributed by atoms with van der Waals surface area (Å²) >= 11 is -0.503. The van der Waals surface area contributed by atoms with Crippen LogP contribution in [0, 0.1) is 0 Å². The van der Waals surface area contributed by atoms with Crippen molar-refractivity contribution in [1.82, 2.24) is 0 Å². The summed E-state index contributed by atoms with van der Waals surface area (Å²) in [4.78, 5) is 0. The Bertz CT molecular complexity index is 1320. The van der Waals surface area contributed by atoms with Crippen molar-refractivity contribution in [2.75, 3.05) is 13.3 Å². The van der Waals surface area contributed by atoms with Crippen LogP contribution in [-0.2, 0) is 0 Å². The maximum atomic E-state index is 2.39. The first-order valence-corrected chi connectivity index (χ1v) is 16.9. The van der Waals surface area contributed by atoms with E-state index in [0.29, 0.717) is 0 Å². The first kappa shape index (κ1) is 22.5. The van der Waals surface area contributed by atoms with Gasteiger partial charge in [0.2, 0.25) is 0 Å². The molecule has 0 aliphatic rings. The molecule has 0 aliphatic carbocycles. The molecule has 160 valence electrons. The van der Waals surface area contributed by atoms with E-state index in [4.69, 9.17) is 0 Å². The van der Waals surface area contributed by atoms with Crippen molar-refractivity contribution < 1.29 is 0 Å². The van der Waals surface area contributed by atoms with Crippen LogP contribution >= 0.6 is 15.8 Å². The van der Waals surface area contributed by atoms with Gasteiger partial charge in [0.25, 0.3) is 0 Å². The van der Waals surface area contributed by atoms with Gasteiger partial charge in [0, 0.05) is 0 Å². The molecule has 2 radical (unpaired) electrons. The standard InChI is InChI=1S/C30H26GeP2/c1-32(2)29-22-12-14-23-13-11-20-27(30(23)29)31-26-19-9-10-21-28(26)33(24-15-5-3-6-16-24)25-17-7-4-8-18-25/h3-22H,1-2H3. The van der Waals surface area contributed by atoms with Gasteiger partial charge in [-0.2, -0.15) is 0 Å². The molecule has 0 bridgehead atoms. The van der Waals surface area contributed by atoms with Crippen molar-refractivity contribution in [3.8, 4) is 0 Å². The summed E-state index contributed by atoms with van der Waals surface area (Å²) in [5.41, 5.74) is 0. The van der Waals surface area contributed by atoms with Gasteiger partial charge in [-0.3, -0.25) is 0 Å². The second kappa shape index (κ2) is 10.4. The van der Waals surface area contributed by atoms with Gasteiger partial charge in [0.1, 0.15) is 0 Å². The van der Waals surface area contributed by atoms with Gasteiger partial charge in [0.15, 0.2) is 0 Å². The molecule has 0 heterocycles. The van der Waals surface area contributed by atoms with Crippen molar-refractivity contribution >= 4 is 72.1 Å². The van der Waals surface area contributed by atoms with E-state index in [1.165, 1.54) is 32.0 Å². The average molecular weight is 521 g/mol. The van der Waals surface area contributed by atoms with Crippen LogP contribution in [-0.4, -0.2) is 28.8 Å². The van der Waals surface area contributed by atoms with Gasteiger partial charge < -0.3 is 0 Å². The van der Waals surface area contributed by atoms with Gasteiger partial charge in [-0.1, -0.05) is 0 Å². The molecule has 0 spiro atoms. The maximum absolute atomic E-state index is 2.39. The molecule has 0 nitrogen and oxygen atoms in total. The second-order valence-electron chi connectivity index (χ2n) is 8.22. The molecular formula is C30H26GeP2. The number of hydrogen-bond acceptors (Lipinski definition) is 0. The average Bonchev–Trinajstić information content (AvgIpc) is 2.86. The summed E-state index contributed by atoms with van der Waals surface area (Å²) in [6.45, 7) is 4.75. The van der Waals surface area contributed by atoms with Gasteiger partial charge in [-0.15, -0.1) is 0 Å². The summed E-state index contributed by atoms with van der Waals surface area (Å²) in [7, 11) is -0.746. The molecule has 5 aromatic rings. The zero-order valence-electron chi connectivity index (χ0n) is 18.9. The van der Waals surface area contributed by atoms with E-state index in [9.17, 15) is 0 Å². The molecule has 0 fully saturated rings. The Balaban J connectivity index is 1.66. The zero-order valence-corrected chi connectivity index (χ0v) is 22.8. The fourth-order valence-electron chi connectivity index (χ4n) is 4.30. The first-order valence-electron chi connectivity index (χ1n) is 11.2. The van der Waals surface area contributed by atoms with Crippen LogP contribution < -0.4 is 30.0 Å². The molecule has 0 N–H and O–H groups in total. The molecule has 3 heteroatoms. The van der Waals surface area contributed by atoms with Crippen LogP contribution in [0.5, 0.6) is 0 Å². The predicted molar refractivity (Wildman–Crippen MR) is 153 cm³/mol. The van der Waals surface area contributed by atoms with Crippen molar-refractivity contribution in [2.45, 2.75) is 0 Å². The monoisotopic (exact) mass is 522 g/mol. The normalized spacial score (nSPS) is 11.4. The molecule has 0 unspecified atom stereocenters. The molecule has 0 aliphatic heterocycles. The Morgan fingerprint density at radius 2 is 1.00 bits per heavy atom. The van der Waals surface area contributed by atoms with Crippen LogP contribution in [0.1, 0.15) is 0 Å². The Kier molecular flexibility index (Phi) is 7.08. The quantitative estimate of drug-likeness (QED) is 0.226. The molecule has 0 amide bonds. The van der Waals surface area contributed by atoms with Crippen LogP contribution in [0.4, 0.5) is 0 Å². The Hall–Kier alpha value is -2.24. The van der Waals surface area contributed by atoms with E-state index < -0.39 is 23.4 Å². The van der Waals surface area contributed by atoms with Gasteiger partial charge in [0.05, 0.1) is 0 Å². The van der Waals surface area contributed by atoms with E-state index in [0.717, 1.165) is 0 Å². The van der Waals surface area contributed by atoms with E-state index in [1.807, 2.05) is 0 Å². The fourth-order valence-corrected chi connectivity index (χ4v) is 11.6. The van der Waals surface area contributed by atoms with Crippen LogP contribution in [0.25, 0.3) is 10.8 Å². The van der Waals surface area contributed by atoms with Crippen LogP contribution in [0.3, 0.4) is 0 Å². The number of rotatable bonds is 6. The molecule has 0 atom stereocenters. The molecule has 5 aromatic carbocycles. The molecule has 5 rings (SSSR count). The molecule has 33 heavy (non-hydrogen) atoms. The Labute approximate surface area is 206 Å². The third kappa shape index (κ3) is 4.85. The number of hydrogen-bond donors (Lipinski definition) is 0. The molecular weight excluding hydrogens is 495 g/mol. The van der Waals surface area contributed by atoms with Gasteiger partial charge >= 0.3 is 207 Å². The minimum atomic E-state index is -0.591. The van der Waals surface area contributed by atoms with E-state index in [2.05, 4.69) is 135 Å². The number of benzene rings is 5. The van der Waals surface area contributed by atoms with Crippen molar-refractivity contribution in [2.24, 2.45) is 0 Å². The van der Waals surface area contributed by atoms with Crippen LogP contribution in [0.2, 0.25) is 0 Å². The zero-order chi connectivity index (χ0) is 22.6. The Morgan fingerprint density at radius 1 is 0.485 bits per heavy atom. The van der Waals surface area contributed by atoms with E-state index >= 15 is 0 Å². The van der Waals surface area contributed by atoms with E-state index in [1.54, 1.807) is 8.79 Å². The van der Waals surface area contributed by atoms with Gasteiger partial charge in [-0.25, -0.2) is 0 Å². The topological polar surface area (TPSA) is 0 Å². The summed E-state index contributed by atoms with van der Waals surface area (Å²) in [6.07, 6.45) is 0. The number of fused-ring (bicyclic) bond motifs is 1. The van der Waals surface area contributed by atoms with Crippen LogP contribution in [0.15, 0.2) is 121 Å². The van der Waals surface area contributed by atoms with E-state index in [-0.39, 0.29) is 7.92 Å². The second-order valence-corrected chi connectivity index (χ2v) is 15.5. The molecule has 0 saturated carbocycles. The molecule has 0 saturated heterocycles. The summed E-state index contributed by atoms with van der Waals surface area (Å²) in [5.74, 6) is 0. The summed E-state index contributed by atoms with van der Waals surface area (Å²) in [6, 6.07) is 45.1. The SMILES string of the molecule is CP(C)c1cccc2ccc[c]([Ge][c]3ccccc3P(c3ccccc3)c3ccccc3)c12. The third-order valence-corrected chi connectivity index (χ3v) is 13.0. The van der Waals surface area contributed by atoms with Crippen molar-refractivity contribution in [3.63, 3.8) is 0 Å². The predicted octanol–water partition coefficient (Wildman–Crippen LogP) is 4.62. The molecule has 0 aromatic heterocycles. The third-order valence-electron chi connectivity index (χ3n) is 5.81.